The van der Waals surface area contributed by atoms with Gasteiger partial charge in [0, 0.05) is 32.2 Å². The Hall–Kier alpha value is -1.44. The molecule has 6 nitrogen and oxygen atoms in total. The van der Waals surface area contributed by atoms with Gasteiger partial charge in [0.2, 0.25) is 15.9 Å². The zero-order valence-electron chi connectivity index (χ0n) is 18.3. The number of hydrogen-bond donors (Lipinski definition) is 1. The minimum absolute atomic E-state index is 0.0641. The van der Waals surface area contributed by atoms with Crippen LogP contribution in [-0.2, 0) is 14.8 Å². The molecule has 2 aliphatic rings. The summed E-state index contributed by atoms with van der Waals surface area (Å²) in [6.07, 6.45) is 5.80. The van der Waals surface area contributed by atoms with Crippen molar-refractivity contribution in [1.82, 2.24) is 14.5 Å². The average Bonchev–Trinajstić information content (AvgIpc) is 2.67. The Morgan fingerprint density at radius 3 is 2.07 bits per heavy atom. The normalized spacial score (nSPS) is 20.0. The number of carbonyl (C=O) groups is 1. The topological polar surface area (TPSA) is 69.7 Å². The molecule has 1 saturated heterocycles. The molecule has 1 aromatic rings. The van der Waals surface area contributed by atoms with Gasteiger partial charge in [-0.3, -0.25) is 9.69 Å². The maximum atomic E-state index is 13.4. The van der Waals surface area contributed by atoms with Crippen LogP contribution in [0.4, 0.5) is 0 Å². The minimum Gasteiger partial charge on any atom is -0.352 e. The van der Waals surface area contributed by atoms with E-state index in [1.165, 1.54) is 19.3 Å². The third-order valence-corrected chi connectivity index (χ3v) is 8.74. The second kappa shape index (κ2) is 9.14. The lowest BCUT2D eigenvalue weighted by atomic mass is 9.95. The predicted molar refractivity (Wildman–Crippen MR) is 116 cm³/mol. The van der Waals surface area contributed by atoms with Crippen molar-refractivity contribution in [2.75, 3.05) is 32.7 Å². The third-order valence-electron chi connectivity index (χ3n) is 6.56. The first kappa shape index (κ1) is 22.2. The summed E-state index contributed by atoms with van der Waals surface area (Å²) in [4.78, 5) is 14.9. The van der Waals surface area contributed by atoms with Crippen molar-refractivity contribution in [3.63, 3.8) is 0 Å². The van der Waals surface area contributed by atoms with Gasteiger partial charge in [0.1, 0.15) is 0 Å². The molecule has 3 rings (SSSR count). The molecule has 1 aromatic carbocycles. The molecular weight excluding hydrogens is 386 g/mol. The molecule has 0 aromatic heterocycles. The molecule has 0 unspecified atom stereocenters. The summed E-state index contributed by atoms with van der Waals surface area (Å²) >= 11 is 0. The number of aryl methyl sites for hydroxylation is 2. The number of carbonyl (C=O) groups excluding carboxylic acids is 1. The van der Waals surface area contributed by atoms with Crippen LogP contribution < -0.4 is 5.32 Å². The van der Waals surface area contributed by atoms with E-state index in [0.29, 0.717) is 43.7 Å². The number of nitrogens with one attached hydrogen (secondary N) is 1. The molecule has 7 heteroatoms. The number of hydrogen-bond acceptors (Lipinski definition) is 4. The molecule has 1 N–H and O–H groups in total. The summed E-state index contributed by atoms with van der Waals surface area (Å²) in [6.45, 7) is 10.1. The summed E-state index contributed by atoms with van der Waals surface area (Å²) in [6, 6.07) is 2.36. The minimum atomic E-state index is -3.54. The van der Waals surface area contributed by atoms with Crippen molar-refractivity contribution >= 4 is 15.9 Å². The molecule has 0 radical (unpaired) electrons. The highest BCUT2D eigenvalue weighted by molar-refractivity contribution is 7.89. The Bertz CT molecular complexity index is 826. The zero-order valence-corrected chi connectivity index (χ0v) is 19.1. The van der Waals surface area contributed by atoms with Crippen LogP contribution in [0.2, 0.25) is 0 Å². The number of rotatable bonds is 5. The highest BCUT2D eigenvalue weighted by atomic mass is 32.2. The van der Waals surface area contributed by atoms with E-state index in [4.69, 9.17) is 0 Å². The summed E-state index contributed by atoms with van der Waals surface area (Å²) in [5.41, 5.74) is 3.68. The molecular formula is C22H35N3O3S. The second-order valence-corrected chi connectivity index (χ2v) is 10.5. The molecule has 1 heterocycles. The van der Waals surface area contributed by atoms with Crippen LogP contribution in [0.15, 0.2) is 11.0 Å². The van der Waals surface area contributed by atoms with E-state index in [9.17, 15) is 13.2 Å². The fourth-order valence-electron chi connectivity index (χ4n) is 4.55. The number of nitrogens with zero attached hydrogens (tertiary/aromatic N) is 2. The smallest absolute Gasteiger partial charge is 0.243 e. The number of sulfonamides is 1. The summed E-state index contributed by atoms with van der Waals surface area (Å²) in [7, 11) is -3.54. The van der Waals surface area contributed by atoms with Gasteiger partial charge >= 0.3 is 0 Å². The van der Waals surface area contributed by atoms with Gasteiger partial charge in [-0.15, -0.1) is 0 Å². The Morgan fingerprint density at radius 1 is 0.966 bits per heavy atom. The lowest BCUT2D eigenvalue weighted by Crippen LogP contribution is -2.52. The third kappa shape index (κ3) is 5.01. The van der Waals surface area contributed by atoms with Crippen molar-refractivity contribution in [3.8, 4) is 0 Å². The summed E-state index contributed by atoms with van der Waals surface area (Å²) in [5, 5.41) is 3.15. The Morgan fingerprint density at radius 2 is 1.52 bits per heavy atom. The highest BCUT2D eigenvalue weighted by Gasteiger charge is 2.32. The maximum Gasteiger partial charge on any atom is 0.243 e. The molecule has 0 bridgehead atoms. The molecule has 0 atom stereocenters. The van der Waals surface area contributed by atoms with Gasteiger partial charge in [0.15, 0.2) is 0 Å². The van der Waals surface area contributed by atoms with E-state index in [2.05, 4.69) is 10.2 Å². The lowest BCUT2D eigenvalue weighted by Gasteiger charge is -2.34. The van der Waals surface area contributed by atoms with Crippen molar-refractivity contribution in [1.29, 1.82) is 0 Å². The SMILES string of the molecule is Cc1cc(C)c(C)c(S(=O)(=O)N2CCN(CC(=O)NC3CCCCC3)CC2)c1C. The van der Waals surface area contributed by atoms with Gasteiger partial charge in [-0.25, -0.2) is 8.42 Å². The van der Waals surface area contributed by atoms with Gasteiger partial charge in [-0.05, 0) is 62.8 Å². The van der Waals surface area contributed by atoms with Crippen molar-refractivity contribution in [2.24, 2.45) is 0 Å². The fraction of sp³-hybridized carbons (Fsp3) is 0.682. The summed E-state index contributed by atoms with van der Waals surface area (Å²) < 4.78 is 28.3. The second-order valence-electron chi connectivity index (χ2n) is 8.67. The first-order valence-corrected chi connectivity index (χ1v) is 12.2. The van der Waals surface area contributed by atoms with Crippen LogP contribution in [0.3, 0.4) is 0 Å². The van der Waals surface area contributed by atoms with E-state index in [0.717, 1.165) is 35.1 Å². The average molecular weight is 422 g/mol. The molecule has 1 amide bonds. The van der Waals surface area contributed by atoms with E-state index >= 15 is 0 Å². The van der Waals surface area contributed by atoms with Gasteiger partial charge in [-0.2, -0.15) is 4.31 Å². The molecule has 2 fully saturated rings. The van der Waals surface area contributed by atoms with E-state index in [1.54, 1.807) is 4.31 Å². The molecule has 1 aliphatic carbocycles. The van der Waals surface area contributed by atoms with Crippen LogP contribution >= 0.6 is 0 Å². The Labute approximate surface area is 175 Å². The lowest BCUT2D eigenvalue weighted by molar-refractivity contribution is -0.123. The van der Waals surface area contributed by atoms with Crippen LogP contribution in [0.1, 0.15) is 54.4 Å². The largest absolute Gasteiger partial charge is 0.352 e. The highest BCUT2D eigenvalue weighted by Crippen LogP contribution is 2.29. The number of benzene rings is 1. The van der Waals surface area contributed by atoms with Gasteiger partial charge in [0.05, 0.1) is 11.4 Å². The molecule has 1 aliphatic heterocycles. The quantitative estimate of drug-likeness (QED) is 0.794. The molecule has 0 spiro atoms. The van der Waals surface area contributed by atoms with Gasteiger partial charge in [0.25, 0.3) is 0 Å². The molecule has 29 heavy (non-hydrogen) atoms. The van der Waals surface area contributed by atoms with Crippen LogP contribution in [0.5, 0.6) is 0 Å². The first-order chi connectivity index (χ1) is 13.7. The Kier molecular flexibility index (Phi) is 7.02. The van der Waals surface area contributed by atoms with Crippen molar-refractivity contribution in [2.45, 2.75) is 70.7 Å². The number of amides is 1. The van der Waals surface area contributed by atoms with Gasteiger partial charge < -0.3 is 5.32 Å². The van der Waals surface area contributed by atoms with Crippen LogP contribution in [0, 0.1) is 27.7 Å². The van der Waals surface area contributed by atoms with Crippen LogP contribution in [-0.4, -0.2) is 62.3 Å². The predicted octanol–water partition coefficient (Wildman–Crippen LogP) is 2.68. The van der Waals surface area contributed by atoms with Crippen molar-refractivity contribution in [3.05, 3.63) is 28.3 Å². The monoisotopic (exact) mass is 421 g/mol. The maximum absolute atomic E-state index is 13.4. The summed E-state index contributed by atoms with van der Waals surface area (Å²) in [5.74, 6) is 0.0641. The fourth-order valence-corrected chi connectivity index (χ4v) is 6.55. The molecule has 1 saturated carbocycles. The first-order valence-electron chi connectivity index (χ1n) is 10.8. The number of piperazine rings is 1. The standard InChI is InChI=1S/C22H35N3O3S/c1-16-14-17(2)19(4)22(18(16)3)29(27,28)25-12-10-24(11-13-25)15-21(26)23-20-8-6-5-7-9-20/h14,20H,5-13,15H2,1-4H3,(H,23,26). The van der Waals surface area contributed by atoms with Crippen LogP contribution in [0.25, 0.3) is 0 Å². The molecule has 162 valence electrons. The van der Waals surface area contributed by atoms with E-state index in [1.807, 2.05) is 33.8 Å². The van der Waals surface area contributed by atoms with E-state index < -0.39 is 10.0 Å². The van der Waals surface area contributed by atoms with Gasteiger partial charge in [-0.1, -0.05) is 25.3 Å². The van der Waals surface area contributed by atoms with E-state index in [-0.39, 0.29) is 5.91 Å². The zero-order chi connectivity index (χ0) is 21.2. The Balaban J connectivity index is 1.61. The van der Waals surface area contributed by atoms with Crippen molar-refractivity contribution < 1.29 is 13.2 Å².